The van der Waals surface area contributed by atoms with E-state index in [0.29, 0.717) is 17.3 Å². The highest BCUT2D eigenvalue weighted by molar-refractivity contribution is 9.09. The van der Waals surface area contributed by atoms with Crippen molar-refractivity contribution in [1.29, 1.82) is 0 Å². The Labute approximate surface area is 90.6 Å². The number of halogens is 2. The third-order valence-electron chi connectivity index (χ3n) is 1.76. The van der Waals surface area contributed by atoms with Crippen molar-refractivity contribution in [3.8, 4) is 0 Å². The van der Waals surface area contributed by atoms with Gasteiger partial charge < -0.3 is 5.32 Å². The maximum atomic E-state index is 13.1. The summed E-state index contributed by atoms with van der Waals surface area (Å²) in [5.74, 6) is -0.364. The molecule has 14 heavy (non-hydrogen) atoms. The van der Waals surface area contributed by atoms with Crippen LogP contribution < -0.4 is 5.32 Å². The predicted molar refractivity (Wildman–Crippen MR) is 56.7 cm³/mol. The first kappa shape index (κ1) is 11.2. The van der Waals surface area contributed by atoms with Gasteiger partial charge in [0.2, 0.25) is 5.91 Å². The van der Waals surface area contributed by atoms with E-state index in [1.165, 1.54) is 6.07 Å². The Hall–Kier alpha value is -0.900. The highest BCUT2D eigenvalue weighted by Gasteiger charge is 2.02. The molecule has 0 spiro atoms. The average Bonchev–Trinajstić information content (AvgIpc) is 2.17. The van der Waals surface area contributed by atoms with Crippen molar-refractivity contribution in [2.24, 2.45) is 0 Å². The molecule has 1 amide bonds. The molecule has 0 aromatic heterocycles. The molecule has 1 aromatic rings. The molecule has 1 N–H and O–H groups in total. The van der Waals surface area contributed by atoms with Crippen LogP contribution >= 0.6 is 15.9 Å². The Morgan fingerprint density at radius 2 is 2.14 bits per heavy atom. The van der Waals surface area contributed by atoms with E-state index in [0.717, 1.165) is 0 Å². The van der Waals surface area contributed by atoms with Crippen LogP contribution in [0.4, 0.5) is 4.39 Å². The number of carbonyl (C=O) groups is 1. The molecule has 0 saturated heterocycles. The molecule has 0 aliphatic carbocycles. The molecule has 0 fully saturated rings. The average molecular weight is 260 g/mol. The van der Waals surface area contributed by atoms with Crippen molar-refractivity contribution in [2.45, 2.75) is 13.0 Å². The first-order chi connectivity index (χ1) is 6.74. The molecular weight excluding hydrogens is 249 g/mol. The van der Waals surface area contributed by atoms with E-state index >= 15 is 0 Å². The molecule has 2 nitrogen and oxygen atoms in total. The number of nitrogens with one attached hydrogen (secondary N) is 1. The summed E-state index contributed by atoms with van der Waals surface area (Å²) in [7, 11) is 0. The summed E-state index contributed by atoms with van der Waals surface area (Å²) in [5, 5.41) is 3.25. The Morgan fingerprint density at radius 1 is 1.43 bits per heavy atom. The molecule has 0 aliphatic heterocycles. The number of carbonyl (C=O) groups excluding carboxylic acids is 1. The van der Waals surface area contributed by atoms with Crippen molar-refractivity contribution in [3.63, 3.8) is 0 Å². The monoisotopic (exact) mass is 259 g/mol. The summed E-state index contributed by atoms with van der Waals surface area (Å²) in [5.41, 5.74) is 0.510. The fourth-order valence-corrected chi connectivity index (χ4v) is 1.37. The van der Waals surface area contributed by atoms with E-state index < -0.39 is 0 Å². The van der Waals surface area contributed by atoms with Gasteiger partial charge in [0.25, 0.3) is 0 Å². The van der Waals surface area contributed by atoms with Crippen LogP contribution in [0.5, 0.6) is 0 Å². The van der Waals surface area contributed by atoms with Gasteiger partial charge in [0, 0.05) is 23.9 Å². The van der Waals surface area contributed by atoms with Gasteiger partial charge in [-0.25, -0.2) is 4.39 Å². The maximum absolute atomic E-state index is 13.1. The number of amides is 1. The zero-order valence-electron chi connectivity index (χ0n) is 7.59. The number of hydrogen-bond acceptors (Lipinski definition) is 1. The minimum atomic E-state index is -0.286. The van der Waals surface area contributed by atoms with Crippen LogP contribution in [-0.2, 0) is 11.3 Å². The quantitative estimate of drug-likeness (QED) is 0.826. The van der Waals surface area contributed by atoms with Gasteiger partial charge in [-0.3, -0.25) is 4.79 Å². The van der Waals surface area contributed by atoms with Crippen LogP contribution in [-0.4, -0.2) is 11.2 Å². The summed E-state index contributed by atoms with van der Waals surface area (Å²) in [6.45, 7) is 0.249. The number of benzene rings is 1. The molecular formula is C10H11BrFNO. The lowest BCUT2D eigenvalue weighted by Gasteiger charge is -2.04. The summed E-state index contributed by atoms with van der Waals surface area (Å²) < 4.78 is 13.1. The Morgan fingerprint density at radius 3 is 2.79 bits per heavy atom. The fourth-order valence-electron chi connectivity index (χ4n) is 1.01. The molecule has 1 rings (SSSR count). The van der Waals surface area contributed by atoms with E-state index in [2.05, 4.69) is 21.2 Å². The first-order valence-electron chi connectivity index (χ1n) is 4.30. The highest BCUT2D eigenvalue weighted by atomic mass is 79.9. The van der Waals surface area contributed by atoms with Crippen molar-refractivity contribution >= 4 is 21.8 Å². The van der Waals surface area contributed by atoms with Crippen LogP contribution in [0, 0.1) is 5.82 Å². The zero-order valence-corrected chi connectivity index (χ0v) is 9.18. The Bertz CT molecular complexity index is 317. The van der Waals surface area contributed by atoms with Crippen LogP contribution in [0.2, 0.25) is 0 Å². The third kappa shape index (κ3) is 3.46. The molecule has 0 aliphatic rings. The SMILES string of the molecule is O=C(CCBr)NCc1ccccc1F. The summed E-state index contributed by atoms with van der Waals surface area (Å²) in [6.07, 6.45) is 0.411. The van der Waals surface area contributed by atoms with E-state index in [1.807, 2.05) is 0 Å². The number of hydrogen-bond donors (Lipinski definition) is 1. The summed E-state index contributed by atoms with van der Waals surface area (Å²) in [4.78, 5) is 11.1. The smallest absolute Gasteiger partial charge is 0.221 e. The van der Waals surface area contributed by atoms with Gasteiger partial charge in [0.1, 0.15) is 5.82 Å². The van der Waals surface area contributed by atoms with Crippen molar-refractivity contribution in [1.82, 2.24) is 5.32 Å². The number of rotatable bonds is 4. The normalized spacial score (nSPS) is 9.86. The second-order valence-electron chi connectivity index (χ2n) is 2.81. The van der Waals surface area contributed by atoms with E-state index in [4.69, 9.17) is 0 Å². The van der Waals surface area contributed by atoms with Crippen LogP contribution in [0.15, 0.2) is 24.3 Å². The lowest BCUT2D eigenvalue weighted by molar-refractivity contribution is -0.120. The van der Waals surface area contributed by atoms with Gasteiger partial charge in [-0.05, 0) is 6.07 Å². The highest BCUT2D eigenvalue weighted by Crippen LogP contribution is 2.05. The van der Waals surface area contributed by atoms with Gasteiger partial charge in [-0.1, -0.05) is 34.1 Å². The fraction of sp³-hybridized carbons (Fsp3) is 0.300. The zero-order chi connectivity index (χ0) is 10.4. The lowest BCUT2D eigenvalue weighted by atomic mass is 10.2. The van der Waals surface area contributed by atoms with Crippen LogP contribution in [0.1, 0.15) is 12.0 Å². The summed E-state index contributed by atoms with van der Waals surface area (Å²) in [6, 6.07) is 6.41. The second kappa shape index (κ2) is 5.75. The first-order valence-corrected chi connectivity index (χ1v) is 5.42. The molecule has 4 heteroatoms. The van der Waals surface area contributed by atoms with Crippen molar-refractivity contribution < 1.29 is 9.18 Å². The van der Waals surface area contributed by atoms with E-state index in [9.17, 15) is 9.18 Å². The van der Waals surface area contributed by atoms with Crippen LogP contribution in [0.25, 0.3) is 0 Å². The van der Waals surface area contributed by atoms with Gasteiger partial charge >= 0.3 is 0 Å². The van der Waals surface area contributed by atoms with Gasteiger partial charge in [-0.2, -0.15) is 0 Å². The molecule has 76 valence electrons. The Balaban J connectivity index is 2.46. The lowest BCUT2D eigenvalue weighted by Crippen LogP contribution is -2.23. The molecule has 0 atom stereocenters. The second-order valence-corrected chi connectivity index (χ2v) is 3.60. The molecule has 0 bridgehead atoms. The largest absolute Gasteiger partial charge is 0.352 e. The standard InChI is InChI=1S/C10H11BrFNO/c11-6-5-10(14)13-7-8-3-1-2-4-9(8)12/h1-4H,5-7H2,(H,13,14). The van der Waals surface area contributed by atoms with Gasteiger partial charge in [0.05, 0.1) is 0 Å². The molecule has 0 radical (unpaired) electrons. The van der Waals surface area contributed by atoms with E-state index in [-0.39, 0.29) is 18.3 Å². The number of alkyl halides is 1. The van der Waals surface area contributed by atoms with Crippen molar-refractivity contribution in [3.05, 3.63) is 35.6 Å². The van der Waals surface area contributed by atoms with Crippen molar-refractivity contribution in [2.75, 3.05) is 5.33 Å². The topological polar surface area (TPSA) is 29.1 Å². The van der Waals surface area contributed by atoms with E-state index in [1.54, 1.807) is 18.2 Å². The minimum absolute atomic E-state index is 0.0786. The molecule has 1 aromatic carbocycles. The van der Waals surface area contributed by atoms with Crippen LogP contribution in [0.3, 0.4) is 0 Å². The molecule has 0 unspecified atom stereocenters. The third-order valence-corrected chi connectivity index (χ3v) is 2.15. The minimum Gasteiger partial charge on any atom is -0.352 e. The van der Waals surface area contributed by atoms with Gasteiger partial charge in [0.15, 0.2) is 0 Å². The summed E-state index contributed by atoms with van der Waals surface area (Å²) >= 11 is 3.16. The molecule has 0 saturated carbocycles. The maximum Gasteiger partial charge on any atom is 0.221 e. The van der Waals surface area contributed by atoms with Gasteiger partial charge in [-0.15, -0.1) is 0 Å². The Kier molecular flexibility index (Phi) is 4.59. The molecule has 0 heterocycles. The predicted octanol–water partition coefficient (Wildman–Crippen LogP) is 2.23.